The van der Waals surface area contributed by atoms with Gasteiger partial charge in [0, 0.05) is 93.0 Å². The number of nitro groups is 1. The maximum Gasteiger partial charge on any atom is 0.293 e. The maximum absolute atomic E-state index is 13.9. The Labute approximate surface area is 353 Å². The third kappa shape index (κ3) is 9.53. The molecule has 2 aliphatic rings. The zero-order valence-corrected chi connectivity index (χ0v) is 34.2. The zero-order chi connectivity index (χ0) is 41.6. The molecule has 0 aliphatic carbocycles. The molecule has 1 aromatic heterocycles. The lowest BCUT2D eigenvalue weighted by molar-refractivity contribution is -0.384. The zero-order valence-electron chi connectivity index (χ0n) is 32.6. The van der Waals surface area contributed by atoms with E-state index in [9.17, 15) is 23.3 Å². The van der Waals surface area contributed by atoms with Crippen LogP contribution in [0.3, 0.4) is 0 Å². The largest absolute Gasteiger partial charge is 0.456 e. The molecule has 2 N–H and O–H groups in total. The van der Waals surface area contributed by atoms with E-state index in [-0.39, 0.29) is 22.9 Å². The average Bonchev–Trinajstić information content (AvgIpc) is 3.26. The molecule has 0 spiro atoms. The molecule has 0 saturated carbocycles. The standard InChI is InChI=1S/C45H43ClN6O7S/c46-35-10-7-32(8-11-35)39-6-2-1-4-34(39)30-50-20-22-51(23-21-50)36-12-15-40(44(26-36)59-37-13-9-33-5-3-19-47-42(33)27-37)45(53)49-60(56,57)38-14-16-41(43(28-38)52(54)55)48-29-31-17-24-58-25-18-31/h1-16,19,26-28,31,48H,17-18,20-25,29-30H2,(H,49,53). The van der Waals surface area contributed by atoms with Crippen molar-refractivity contribution < 1.29 is 27.6 Å². The van der Waals surface area contributed by atoms with E-state index < -0.39 is 31.4 Å². The first-order chi connectivity index (χ1) is 29.1. The fourth-order valence-corrected chi connectivity index (χ4v) is 8.72. The van der Waals surface area contributed by atoms with Crippen molar-refractivity contribution in [3.8, 4) is 22.6 Å². The van der Waals surface area contributed by atoms with E-state index in [2.05, 4.69) is 37.0 Å². The normalized spacial score (nSPS) is 15.1. The van der Waals surface area contributed by atoms with Crippen LogP contribution >= 0.6 is 11.6 Å². The number of piperazine rings is 1. The third-order valence-electron chi connectivity index (χ3n) is 10.9. The second kappa shape index (κ2) is 18.1. The first kappa shape index (κ1) is 40.7. The molecular weight excluding hydrogens is 804 g/mol. The van der Waals surface area contributed by atoms with Crippen LogP contribution in [0.4, 0.5) is 17.1 Å². The van der Waals surface area contributed by atoms with Crippen molar-refractivity contribution >= 4 is 55.5 Å². The monoisotopic (exact) mass is 846 g/mol. The van der Waals surface area contributed by atoms with E-state index >= 15 is 0 Å². The fourth-order valence-electron chi connectivity index (χ4n) is 7.61. The lowest BCUT2D eigenvalue weighted by atomic mass is 9.99. The van der Waals surface area contributed by atoms with Gasteiger partial charge in [-0.15, -0.1) is 0 Å². The predicted octanol–water partition coefficient (Wildman–Crippen LogP) is 8.54. The summed E-state index contributed by atoms with van der Waals surface area (Å²) in [6.07, 6.45) is 3.32. The number of fused-ring (bicyclic) bond motifs is 1. The van der Waals surface area contributed by atoms with Crippen LogP contribution in [0.25, 0.3) is 22.0 Å². The molecule has 0 bridgehead atoms. The van der Waals surface area contributed by atoms with Crippen molar-refractivity contribution in [1.82, 2.24) is 14.6 Å². The van der Waals surface area contributed by atoms with Gasteiger partial charge >= 0.3 is 0 Å². The van der Waals surface area contributed by atoms with Gasteiger partial charge in [-0.2, -0.15) is 0 Å². The van der Waals surface area contributed by atoms with Crippen LogP contribution in [0, 0.1) is 16.0 Å². The molecule has 3 heterocycles. The summed E-state index contributed by atoms with van der Waals surface area (Å²) >= 11 is 6.16. The second-order valence-electron chi connectivity index (χ2n) is 14.9. The lowest BCUT2D eigenvalue weighted by Gasteiger charge is -2.36. The molecule has 1 amide bonds. The Morgan fingerprint density at radius 3 is 2.47 bits per heavy atom. The Balaban J connectivity index is 1.01. The third-order valence-corrected chi connectivity index (χ3v) is 12.5. The van der Waals surface area contributed by atoms with Crippen LogP contribution in [0.15, 0.2) is 126 Å². The second-order valence-corrected chi connectivity index (χ2v) is 17.0. The van der Waals surface area contributed by atoms with Gasteiger partial charge in [-0.25, -0.2) is 13.1 Å². The number of benzene rings is 5. The van der Waals surface area contributed by atoms with E-state index in [0.29, 0.717) is 49.1 Å². The molecule has 15 heteroatoms. The van der Waals surface area contributed by atoms with Gasteiger partial charge in [0.15, 0.2) is 0 Å². The number of nitrogens with zero attached hydrogens (tertiary/aromatic N) is 4. The number of hydrogen-bond acceptors (Lipinski definition) is 11. The summed E-state index contributed by atoms with van der Waals surface area (Å²) in [5, 5.41) is 16.8. The van der Waals surface area contributed by atoms with Gasteiger partial charge in [-0.1, -0.05) is 54.1 Å². The molecule has 0 radical (unpaired) electrons. The fraction of sp³-hybridized carbons (Fsp3) is 0.244. The average molecular weight is 847 g/mol. The van der Waals surface area contributed by atoms with Crippen LogP contribution in [0.1, 0.15) is 28.8 Å². The SMILES string of the molecule is O=C(NS(=O)(=O)c1ccc(NCC2CCOCC2)c([N+](=O)[O-])c1)c1ccc(N2CCN(Cc3ccccc3-c3ccc(Cl)cc3)CC2)cc1Oc1ccc2cccnc2c1. The number of carbonyl (C=O) groups excluding carboxylic acids is 1. The van der Waals surface area contributed by atoms with E-state index in [1.54, 1.807) is 30.5 Å². The van der Waals surface area contributed by atoms with Crippen molar-refractivity contribution in [1.29, 1.82) is 0 Å². The summed E-state index contributed by atoms with van der Waals surface area (Å²) < 4.78 is 41.2. The molecular formula is C45H43ClN6O7S. The molecule has 2 saturated heterocycles. The molecule has 308 valence electrons. The van der Waals surface area contributed by atoms with Crippen LogP contribution < -0.4 is 19.7 Å². The number of halogens is 1. The van der Waals surface area contributed by atoms with Gasteiger partial charge in [0.25, 0.3) is 21.6 Å². The number of pyridine rings is 1. The lowest BCUT2D eigenvalue weighted by Crippen LogP contribution is -2.46. The van der Waals surface area contributed by atoms with Gasteiger partial charge < -0.3 is 19.7 Å². The number of carbonyl (C=O) groups is 1. The Kier molecular flexibility index (Phi) is 12.2. The highest BCUT2D eigenvalue weighted by Gasteiger charge is 2.27. The topological polar surface area (TPSA) is 156 Å². The van der Waals surface area contributed by atoms with Crippen molar-refractivity contribution in [2.24, 2.45) is 5.92 Å². The van der Waals surface area contributed by atoms with Gasteiger partial charge in [0.2, 0.25) is 0 Å². The van der Waals surface area contributed by atoms with Crippen LogP contribution in [-0.4, -0.2) is 75.1 Å². The Morgan fingerprint density at radius 1 is 0.900 bits per heavy atom. The summed E-state index contributed by atoms with van der Waals surface area (Å²) in [5.41, 5.74) is 4.69. The predicted molar refractivity (Wildman–Crippen MR) is 232 cm³/mol. The number of ether oxygens (including phenoxy) is 2. The van der Waals surface area contributed by atoms with Gasteiger partial charge in [-0.05, 0) is 90.0 Å². The highest BCUT2D eigenvalue weighted by Crippen LogP contribution is 2.34. The quantitative estimate of drug-likeness (QED) is 0.0849. The summed E-state index contributed by atoms with van der Waals surface area (Å²) in [7, 11) is -4.56. The highest BCUT2D eigenvalue weighted by molar-refractivity contribution is 7.90. The summed E-state index contributed by atoms with van der Waals surface area (Å²) in [5.74, 6) is -0.148. The molecule has 2 fully saturated rings. The first-order valence-corrected chi connectivity index (χ1v) is 21.6. The summed E-state index contributed by atoms with van der Waals surface area (Å²) in [6.45, 7) is 5.44. The van der Waals surface area contributed by atoms with Crippen LogP contribution in [-0.2, 0) is 21.3 Å². The van der Waals surface area contributed by atoms with Gasteiger partial charge in [-0.3, -0.25) is 24.8 Å². The Hall–Kier alpha value is -6.06. The molecule has 60 heavy (non-hydrogen) atoms. The van der Waals surface area contributed by atoms with E-state index in [4.69, 9.17) is 21.1 Å². The smallest absolute Gasteiger partial charge is 0.293 e. The number of rotatable bonds is 13. The molecule has 0 unspecified atom stereocenters. The van der Waals surface area contributed by atoms with E-state index in [1.807, 2.05) is 54.6 Å². The van der Waals surface area contributed by atoms with Crippen LogP contribution in [0.2, 0.25) is 5.02 Å². The van der Waals surface area contributed by atoms with Crippen molar-refractivity contribution in [3.63, 3.8) is 0 Å². The van der Waals surface area contributed by atoms with Crippen molar-refractivity contribution in [2.75, 3.05) is 56.2 Å². The molecule has 8 rings (SSSR count). The number of hydrogen-bond donors (Lipinski definition) is 2. The van der Waals surface area contributed by atoms with Gasteiger partial charge in [0.1, 0.15) is 17.2 Å². The molecule has 6 aromatic rings. The number of sulfonamides is 1. The number of nitro benzene ring substituents is 1. The van der Waals surface area contributed by atoms with E-state index in [1.165, 1.54) is 23.8 Å². The van der Waals surface area contributed by atoms with Crippen molar-refractivity contribution in [2.45, 2.75) is 24.3 Å². The van der Waals surface area contributed by atoms with Gasteiger partial charge in [0.05, 0.1) is 20.9 Å². The molecule has 2 aliphatic heterocycles. The van der Waals surface area contributed by atoms with Crippen molar-refractivity contribution in [3.05, 3.63) is 148 Å². The number of aromatic nitrogens is 1. The maximum atomic E-state index is 13.9. The number of nitrogens with one attached hydrogen (secondary N) is 2. The minimum atomic E-state index is -4.56. The highest BCUT2D eigenvalue weighted by atomic mass is 35.5. The van der Waals surface area contributed by atoms with E-state index in [0.717, 1.165) is 60.7 Å². The van der Waals surface area contributed by atoms with Crippen LogP contribution in [0.5, 0.6) is 11.5 Å². The first-order valence-electron chi connectivity index (χ1n) is 19.7. The minimum absolute atomic E-state index is 0.0369. The molecule has 13 nitrogen and oxygen atoms in total. The molecule has 5 aromatic carbocycles. The molecule has 0 atom stereocenters. The summed E-state index contributed by atoms with van der Waals surface area (Å²) in [6, 6.07) is 33.9. The number of amides is 1. The Bertz CT molecular complexity index is 2630. The summed E-state index contributed by atoms with van der Waals surface area (Å²) in [4.78, 5) is 33.9. The Morgan fingerprint density at radius 2 is 1.68 bits per heavy atom. The minimum Gasteiger partial charge on any atom is -0.456 e. The number of anilines is 2.